The van der Waals surface area contributed by atoms with Crippen LogP contribution in [0.25, 0.3) is 21.8 Å². The zero-order valence-corrected chi connectivity index (χ0v) is 15.1. The van der Waals surface area contributed by atoms with E-state index in [9.17, 15) is 9.59 Å². The average Bonchev–Trinajstić information content (AvgIpc) is 2.72. The van der Waals surface area contributed by atoms with E-state index in [1.807, 2.05) is 90.4 Å². The van der Waals surface area contributed by atoms with Gasteiger partial charge in [0.15, 0.2) is 5.43 Å². The molecule has 0 saturated heterocycles. The van der Waals surface area contributed by atoms with Gasteiger partial charge in [-0.1, -0.05) is 54.6 Å². The molecule has 4 aromatic rings. The largest absolute Gasteiger partial charge is 0.348 e. The van der Waals surface area contributed by atoms with Gasteiger partial charge in [-0.2, -0.15) is 0 Å². The maximum atomic E-state index is 12.8. The molecular weight excluding hydrogens is 336 g/mol. The molecule has 4 nitrogen and oxygen atoms in total. The topological polar surface area (TPSA) is 51.1 Å². The number of nitrogens with zero attached hydrogens (tertiary/aromatic N) is 1. The molecule has 0 spiro atoms. The number of pyridine rings is 1. The number of carbonyl (C=O) groups is 1. The fourth-order valence-corrected chi connectivity index (χ4v) is 3.50. The molecule has 1 heterocycles. The maximum Gasteiger partial charge on any atom is 0.240 e. The SMILES string of the molecule is CC(NC(=O)Cn1c2ccccc2c(=O)c2ccccc21)c1ccccc1. The van der Waals surface area contributed by atoms with Crippen molar-refractivity contribution in [3.8, 4) is 0 Å². The third-order valence-corrected chi connectivity index (χ3v) is 4.86. The molecular formula is C23H20N2O2. The number of amides is 1. The van der Waals surface area contributed by atoms with Crippen LogP contribution in [0.5, 0.6) is 0 Å². The Bertz CT molecular complexity index is 1120. The summed E-state index contributed by atoms with van der Waals surface area (Å²) in [5.74, 6) is -0.0923. The molecule has 0 aliphatic heterocycles. The van der Waals surface area contributed by atoms with E-state index in [-0.39, 0.29) is 23.9 Å². The Labute approximate surface area is 157 Å². The molecule has 3 aromatic carbocycles. The summed E-state index contributed by atoms with van der Waals surface area (Å²) < 4.78 is 1.92. The Kier molecular flexibility index (Phi) is 4.47. The van der Waals surface area contributed by atoms with Gasteiger partial charge in [0.2, 0.25) is 5.91 Å². The van der Waals surface area contributed by atoms with Crippen LogP contribution < -0.4 is 10.7 Å². The van der Waals surface area contributed by atoms with Crippen molar-refractivity contribution in [1.82, 2.24) is 9.88 Å². The summed E-state index contributed by atoms with van der Waals surface area (Å²) in [5.41, 5.74) is 2.59. The number of hydrogen-bond acceptors (Lipinski definition) is 2. The number of nitrogens with one attached hydrogen (secondary N) is 1. The number of carbonyl (C=O) groups excluding carboxylic acids is 1. The van der Waals surface area contributed by atoms with Crippen LogP contribution in [0.4, 0.5) is 0 Å². The van der Waals surface area contributed by atoms with E-state index in [0.717, 1.165) is 16.6 Å². The first kappa shape index (κ1) is 17.0. The summed E-state index contributed by atoms with van der Waals surface area (Å²) >= 11 is 0. The van der Waals surface area contributed by atoms with Crippen LogP contribution in [0.3, 0.4) is 0 Å². The lowest BCUT2D eigenvalue weighted by Crippen LogP contribution is -2.30. The summed E-state index contributed by atoms with van der Waals surface area (Å²) in [4.78, 5) is 25.5. The van der Waals surface area contributed by atoms with E-state index < -0.39 is 0 Å². The van der Waals surface area contributed by atoms with Crippen molar-refractivity contribution >= 4 is 27.7 Å². The lowest BCUT2D eigenvalue weighted by atomic mass is 10.1. The molecule has 0 aliphatic carbocycles. The molecule has 134 valence electrons. The van der Waals surface area contributed by atoms with E-state index in [4.69, 9.17) is 0 Å². The first-order valence-electron chi connectivity index (χ1n) is 9.00. The standard InChI is InChI=1S/C23H20N2O2/c1-16(17-9-3-2-4-10-17)24-22(26)15-25-20-13-7-5-11-18(20)23(27)19-12-6-8-14-21(19)25/h2-14,16H,15H2,1H3,(H,24,26). The Morgan fingerprint density at radius 2 is 1.37 bits per heavy atom. The van der Waals surface area contributed by atoms with Crippen LogP contribution >= 0.6 is 0 Å². The first-order valence-corrected chi connectivity index (χ1v) is 9.00. The average molecular weight is 356 g/mol. The highest BCUT2D eigenvalue weighted by Crippen LogP contribution is 2.19. The van der Waals surface area contributed by atoms with E-state index in [2.05, 4.69) is 5.32 Å². The minimum Gasteiger partial charge on any atom is -0.348 e. The quantitative estimate of drug-likeness (QED) is 0.561. The third-order valence-electron chi connectivity index (χ3n) is 4.86. The normalized spacial score (nSPS) is 12.2. The number of hydrogen-bond donors (Lipinski definition) is 1. The number of para-hydroxylation sites is 2. The summed E-state index contributed by atoms with van der Waals surface area (Å²) in [6.45, 7) is 2.12. The maximum absolute atomic E-state index is 12.8. The first-order chi connectivity index (χ1) is 13.1. The lowest BCUT2D eigenvalue weighted by Gasteiger charge is -2.18. The summed E-state index contributed by atoms with van der Waals surface area (Å²) in [7, 11) is 0. The highest BCUT2D eigenvalue weighted by molar-refractivity contribution is 5.94. The summed E-state index contributed by atoms with van der Waals surface area (Å²) in [6, 6.07) is 24.6. The van der Waals surface area contributed by atoms with Crippen LogP contribution in [-0.4, -0.2) is 10.5 Å². The van der Waals surface area contributed by atoms with Gasteiger partial charge < -0.3 is 9.88 Å². The lowest BCUT2D eigenvalue weighted by molar-refractivity contribution is -0.122. The predicted molar refractivity (Wildman–Crippen MR) is 109 cm³/mol. The number of rotatable bonds is 4. The minimum absolute atomic E-state index is 0.00416. The van der Waals surface area contributed by atoms with Crippen LogP contribution in [0, 0.1) is 0 Å². The van der Waals surface area contributed by atoms with Gasteiger partial charge in [0, 0.05) is 10.8 Å². The van der Waals surface area contributed by atoms with E-state index in [0.29, 0.717) is 10.8 Å². The molecule has 0 fully saturated rings. The van der Waals surface area contributed by atoms with Gasteiger partial charge in [0.1, 0.15) is 6.54 Å². The van der Waals surface area contributed by atoms with Crippen LogP contribution in [0.2, 0.25) is 0 Å². The predicted octanol–water partition coefficient (Wildman–Crippen LogP) is 4.03. The number of fused-ring (bicyclic) bond motifs is 2. The molecule has 0 saturated carbocycles. The van der Waals surface area contributed by atoms with Crippen molar-refractivity contribution in [3.63, 3.8) is 0 Å². The highest BCUT2D eigenvalue weighted by Gasteiger charge is 2.14. The Morgan fingerprint density at radius 3 is 1.96 bits per heavy atom. The van der Waals surface area contributed by atoms with Gasteiger partial charge in [-0.15, -0.1) is 0 Å². The van der Waals surface area contributed by atoms with Gasteiger partial charge in [-0.25, -0.2) is 0 Å². The molecule has 4 rings (SSSR count). The molecule has 0 radical (unpaired) electrons. The Morgan fingerprint density at radius 1 is 0.852 bits per heavy atom. The van der Waals surface area contributed by atoms with Crippen molar-refractivity contribution in [2.24, 2.45) is 0 Å². The third kappa shape index (κ3) is 3.22. The van der Waals surface area contributed by atoms with Gasteiger partial charge in [-0.05, 0) is 36.8 Å². The second-order valence-corrected chi connectivity index (χ2v) is 6.65. The molecule has 0 bridgehead atoms. The number of aromatic nitrogens is 1. The van der Waals surface area contributed by atoms with Crippen molar-refractivity contribution in [1.29, 1.82) is 0 Å². The van der Waals surface area contributed by atoms with Crippen LogP contribution in [0.1, 0.15) is 18.5 Å². The zero-order chi connectivity index (χ0) is 18.8. The number of benzene rings is 3. The monoisotopic (exact) mass is 356 g/mol. The fourth-order valence-electron chi connectivity index (χ4n) is 3.50. The van der Waals surface area contributed by atoms with E-state index >= 15 is 0 Å². The van der Waals surface area contributed by atoms with Crippen molar-refractivity contribution < 1.29 is 4.79 Å². The summed E-state index contributed by atoms with van der Waals surface area (Å²) in [5, 5.41) is 4.30. The van der Waals surface area contributed by atoms with E-state index in [1.54, 1.807) is 0 Å². The van der Waals surface area contributed by atoms with Gasteiger partial charge in [0.05, 0.1) is 17.1 Å². The smallest absolute Gasteiger partial charge is 0.240 e. The molecule has 1 amide bonds. The van der Waals surface area contributed by atoms with Crippen molar-refractivity contribution in [2.45, 2.75) is 19.5 Å². The van der Waals surface area contributed by atoms with Crippen LogP contribution in [0.15, 0.2) is 83.7 Å². The zero-order valence-electron chi connectivity index (χ0n) is 15.1. The molecule has 1 atom stereocenters. The van der Waals surface area contributed by atoms with Crippen LogP contribution in [-0.2, 0) is 11.3 Å². The fraction of sp³-hybridized carbons (Fsp3) is 0.130. The van der Waals surface area contributed by atoms with Gasteiger partial charge in [-0.3, -0.25) is 9.59 Å². The molecule has 0 aliphatic rings. The molecule has 1 unspecified atom stereocenters. The summed E-state index contributed by atoms with van der Waals surface area (Å²) in [6.07, 6.45) is 0. The van der Waals surface area contributed by atoms with Gasteiger partial charge >= 0.3 is 0 Å². The molecule has 1 N–H and O–H groups in total. The Hall–Kier alpha value is -3.40. The molecule has 4 heteroatoms. The van der Waals surface area contributed by atoms with E-state index in [1.165, 1.54) is 0 Å². The highest BCUT2D eigenvalue weighted by atomic mass is 16.2. The second kappa shape index (κ2) is 7.08. The molecule has 27 heavy (non-hydrogen) atoms. The van der Waals surface area contributed by atoms with Gasteiger partial charge in [0.25, 0.3) is 0 Å². The van der Waals surface area contributed by atoms with Crippen molar-refractivity contribution in [3.05, 3.63) is 94.6 Å². The second-order valence-electron chi connectivity index (χ2n) is 6.65. The van der Waals surface area contributed by atoms with Crippen molar-refractivity contribution in [2.75, 3.05) is 0 Å². The molecule has 1 aromatic heterocycles. The minimum atomic E-state index is -0.0923. The Balaban J connectivity index is 1.73.